The smallest absolute Gasteiger partial charge is 0.316 e. The van der Waals surface area contributed by atoms with Gasteiger partial charge in [-0.15, -0.1) is 0 Å². The number of hydrogen-bond acceptors (Lipinski definition) is 7. The van der Waals surface area contributed by atoms with Gasteiger partial charge in [0.25, 0.3) is 0 Å². The molecule has 4 bridgehead atoms. The molecule has 7 heteroatoms. The van der Waals surface area contributed by atoms with Gasteiger partial charge in [-0.05, 0) is 44.9 Å². The molecule has 0 aromatic carbocycles. The second kappa shape index (κ2) is 5.12. The molecule has 3 saturated carbocycles. The van der Waals surface area contributed by atoms with Crippen LogP contribution in [-0.4, -0.2) is 48.4 Å². The van der Waals surface area contributed by atoms with Crippen molar-refractivity contribution in [2.75, 3.05) is 13.7 Å². The number of carbonyl (C=O) groups is 3. The molecule has 0 amide bonds. The second-order valence-electron chi connectivity index (χ2n) is 10.7. The summed E-state index contributed by atoms with van der Waals surface area (Å²) < 4.78 is 23.6. The van der Waals surface area contributed by atoms with E-state index < -0.39 is 33.6 Å². The predicted molar refractivity (Wildman–Crippen MR) is 102 cm³/mol. The van der Waals surface area contributed by atoms with Gasteiger partial charge in [0.05, 0.1) is 25.0 Å². The Morgan fingerprint density at radius 3 is 2.63 bits per heavy atom. The molecule has 162 valence electrons. The van der Waals surface area contributed by atoms with Gasteiger partial charge in [0.2, 0.25) is 0 Å². The molecule has 5 fully saturated rings. The molecule has 2 aliphatic heterocycles. The van der Waals surface area contributed by atoms with E-state index in [9.17, 15) is 14.4 Å². The minimum Gasteiger partial charge on any atom is -0.469 e. The van der Waals surface area contributed by atoms with Crippen LogP contribution in [0.1, 0.15) is 52.9 Å². The molecular weight excluding hydrogens is 388 g/mol. The summed E-state index contributed by atoms with van der Waals surface area (Å²) in [5, 5.41) is 0. The molecular formula is C23H28O7. The van der Waals surface area contributed by atoms with Gasteiger partial charge in [-0.2, -0.15) is 0 Å². The maximum atomic E-state index is 13.4. The van der Waals surface area contributed by atoms with Gasteiger partial charge < -0.3 is 18.9 Å². The number of rotatable bonds is 2. The van der Waals surface area contributed by atoms with Gasteiger partial charge >= 0.3 is 17.9 Å². The van der Waals surface area contributed by atoms with Crippen molar-refractivity contribution < 1.29 is 33.3 Å². The third kappa shape index (κ3) is 1.71. The number of epoxide rings is 1. The summed E-state index contributed by atoms with van der Waals surface area (Å²) in [6.07, 6.45) is 5.36. The first-order valence-corrected chi connectivity index (χ1v) is 10.9. The minimum atomic E-state index is -0.840. The highest BCUT2D eigenvalue weighted by atomic mass is 16.6. The average Bonchev–Trinajstić information content (AvgIpc) is 3.34. The number of ether oxygens (including phenoxy) is 4. The highest BCUT2D eigenvalue weighted by molar-refractivity contribution is 5.88. The van der Waals surface area contributed by atoms with Crippen molar-refractivity contribution in [3.8, 4) is 0 Å². The van der Waals surface area contributed by atoms with E-state index in [1.807, 2.05) is 13.8 Å². The summed E-state index contributed by atoms with van der Waals surface area (Å²) in [4.78, 5) is 38.6. The van der Waals surface area contributed by atoms with Gasteiger partial charge in [0.1, 0.15) is 16.8 Å². The summed E-state index contributed by atoms with van der Waals surface area (Å²) in [6, 6.07) is 0. The Morgan fingerprint density at radius 1 is 1.27 bits per heavy atom. The van der Waals surface area contributed by atoms with E-state index in [1.165, 1.54) is 14.0 Å². The Morgan fingerprint density at radius 2 is 2.00 bits per heavy atom. The first kappa shape index (κ1) is 18.8. The molecule has 0 N–H and O–H groups in total. The molecule has 7 nitrogen and oxygen atoms in total. The fourth-order valence-electron chi connectivity index (χ4n) is 8.68. The lowest BCUT2D eigenvalue weighted by atomic mass is 9.60. The van der Waals surface area contributed by atoms with Crippen LogP contribution in [0.25, 0.3) is 0 Å². The molecule has 0 aromatic heterocycles. The normalized spacial score (nSPS) is 54.2. The SMILES string of the molecule is COC(=O)[C@H]1C2[C@@]3(C)C(=O)O[C@]2(CC=C3C)C2CC[C@]3(OC(C)=O)C[C@@]21C[C@]31CO1. The molecule has 0 radical (unpaired) electrons. The van der Waals surface area contributed by atoms with Gasteiger partial charge in [0, 0.05) is 25.2 Å². The molecule has 30 heavy (non-hydrogen) atoms. The van der Waals surface area contributed by atoms with Gasteiger partial charge in [-0.25, -0.2) is 0 Å². The monoisotopic (exact) mass is 416 g/mol. The maximum Gasteiger partial charge on any atom is 0.316 e. The van der Waals surface area contributed by atoms with Crippen LogP contribution < -0.4 is 0 Å². The van der Waals surface area contributed by atoms with E-state index in [1.54, 1.807) is 0 Å². The largest absolute Gasteiger partial charge is 0.469 e. The Hall–Kier alpha value is -1.89. The Kier molecular flexibility index (Phi) is 3.21. The second-order valence-corrected chi connectivity index (χ2v) is 10.7. The molecule has 2 saturated heterocycles. The van der Waals surface area contributed by atoms with Gasteiger partial charge in [-0.1, -0.05) is 11.6 Å². The van der Waals surface area contributed by atoms with Crippen molar-refractivity contribution in [1.82, 2.24) is 0 Å². The summed E-state index contributed by atoms with van der Waals surface area (Å²) in [7, 11) is 1.41. The zero-order valence-electron chi connectivity index (χ0n) is 17.9. The van der Waals surface area contributed by atoms with Crippen molar-refractivity contribution in [3.63, 3.8) is 0 Å². The van der Waals surface area contributed by atoms with Crippen LogP contribution in [0.2, 0.25) is 0 Å². The number of methoxy groups -OCH3 is 1. The lowest BCUT2D eigenvalue weighted by molar-refractivity contribution is -0.174. The standard InChI is InChI=1S/C23H28O7/c1-12-5-8-23-14-6-7-21(29-13(2)24)9-20(14,10-22(21)11-28-22)15(17(25)27-4)16(23)19(12,3)18(26)30-23/h5,14-16H,6-11H2,1-4H3/t14?,15-,16?,19+,20-,21+,22+,23-/m1/s1. The quantitative estimate of drug-likeness (QED) is 0.295. The fraction of sp³-hybridized carbons (Fsp3) is 0.783. The lowest BCUT2D eigenvalue weighted by Gasteiger charge is -2.46. The van der Waals surface area contributed by atoms with E-state index in [2.05, 4.69) is 6.08 Å². The summed E-state index contributed by atoms with van der Waals surface area (Å²) in [5.41, 5.74) is -2.28. The number of carbonyl (C=O) groups excluding carboxylic acids is 3. The van der Waals surface area contributed by atoms with Crippen LogP contribution >= 0.6 is 0 Å². The lowest BCUT2D eigenvalue weighted by Crippen LogP contribution is -2.50. The zero-order valence-corrected chi connectivity index (χ0v) is 17.9. The first-order chi connectivity index (χ1) is 14.1. The molecule has 0 aromatic rings. The van der Waals surface area contributed by atoms with Crippen molar-refractivity contribution in [2.24, 2.45) is 28.6 Å². The van der Waals surface area contributed by atoms with E-state index in [4.69, 9.17) is 18.9 Å². The molecule has 2 spiro atoms. The molecule has 8 atom stereocenters. The van der Waals surface area contributed by atoms with Crippen molar-refractivity contribution in [1.29, 1.82) is 0 Å². The number of fused-ring (bicyclic) bond motifs is 2. The summed E-state index contributed by atoms with van der Waals surface area (Å²) in [5.74, 6) is -1.59. The van der Waals surface area contributed by atoms with Crippen LogP contribution in [0.3, 0.4) is 0 Å². The average molecular weight is 416 g/mol. The molecule has 6 aliphatic rings. The zero-order chi connectivity index (χ0) is 21.3. The third-order valence-corrected chi connectivity index (χ3v) is 9.82. The van der Waals surface area contributed by atoms with Crippen LogP contribution in [0.15, 0.2) is 11.6 Å². The third-order valence-electron chi connectivity index (χ3n) is 9.82. The van der Waals surface area contributed by atoms with Crippen LogP contribution in [0, 0.1) is 28.6 Å². The first-order valence-electron chi connectivity index (χ1n) is 10.9. The Balaban J connectivity index is 1.56. The van der Waals surface area contributed by atoms with Gasteiger partial charge in [0.15, 0.2) is 0 Å². The van der Waals surface area contributed by atoms with E-state index >= 15 is 0 Å². The van der Waals surface area contributed by atoms with E-state index in [0.29, 0.717) is 32.3 Å². The van der Waals surface area contributed by atoms with E-state index in [0.717, 1.165) is 12.0 Å². The minimum absolute atomic E-state index is 0.0153. The summed E-state index contributed by atoms with van der Waals surface area (Å²) in [6.45, 7) is 5.86. The highest BCUT2D eigenvalue weighted by Gasteiger charge is 2.88. The van der Waals surface area contributed by atoms with Crippen molar-refractivity contribution in [2.45, 2.75) is 69.7 Å². The molecule has 4 aliphatic carbocycles. The van der Waals surface area contributed by atoms with Crippen LogP contribution in [0.4, 0.5) is 0 Å². The van der Waals surface area contributed by atoms with Crippen molar-refractivity contribution >= 4 is 17.9 Å². The Bertz CT molecular complexity index is 934. The predicted octanol–water partition coefficient (Wildman–Crippen LogP) is 2.32. The number of esters is 3. The number of hydrogen-bond donors (Lipinski definition) is 0. The topological polar surface area (TPSA) is 91.4 Å². The van der Waals surface area contributed by atoms with Crippen LogP contribution in [-0.2, 0) is 33.3 Å². The van der Waals surface area contributed by atoms with Gasteiger partial charge in [-0.3, -0.25) is 14.4 Å². The van der Waals surface area contributed by atoms with Crippen molar-refractivity contribution in [3.05, 3.63) is 11.6 Å². The molecule has 6 rings (SSSR count). The van der Waals surface area contributed by atoms with E-state index in [-0.39, 0.29) is 29.7 Å². The fourth-order valence-corrected chi connectivity index (χ4v) is 8.68. The highest BCUT2D eigenvalue weighted by Crippen LogP contribution is 2.81. The maximum absolute atomic E-state index is 13.4. The summed E-state index contributed by atoms with van der Waals surface area (Å²) >= 11 is 0. The molecule has 2 heterocycles. The molecule has 2 unspecified atom stereocenters. The Labute approximate surface area is 175 Å². The van der Waals surface area contributed by atoms with Crippen LogP contribution in [0.5, 0.6) is 0 Å².